The van der Waals surface area contributed by atoms with Crippen molar-refractivity contribution in [3.8, 4) is 0 Å². The van der Waals surface area contributed by atoms with Crippen molar-refractivity contribution >= 4 is 21.8 Å². The Morgan fingerprint density at radius 1 is 1.28 bits per heavy atom. The number of carbonyl (C=O) groups excluding carboxylic acids is 1. The van der Waals surface area contributed by atoms with Crippen molar-refractivity contribution < 1.29 is 9.18 Å². The highest BCUT2D eigenvalue weighted by atomic mass is 79.9. The van der Waals surface area contributed by atoms with E-state index in [-0.39, 0.29) is 28.6 Å². The minimum Gasteiger partial charge on any atom is -0.348 e. The fourth-order valence-electron chi connectivity index (χ4n) is 2.41. The molecule has 1 fully saturated rings. The zero-order chi connectivity index (χ0) is 13.7. The molecule has 1 saturated carbocycles. The summed E-state index contributed by atoms with van der Waals surface area (Å²) in [5.41, 5.74) is 0.668. The van der Waals surface area contributed by atoms with E-state index in [4.69, 9.17) is 0 Å². The van der Waals surface area contributed by atoms with Gasteiger partial charge in [-0.1, -0.05) is 27.7 Å². The number of carbonyl (C=O) groups is 1. The monoisotopic (exact) mass is 313 g/mol. The van der Waals surface area contributed by atoms with Gasteiger partial charge in [0.2, 0.25) is 0 Å². The van der Waals surface area contributed by atoms with E-state index in [0.717, 1.165) is 0 Å². The molecule has 1 aromatic carbocycles. The highest BCUT2D eigenvalue weighted by molar-refractivity contribution is 9.10. The zero-order valence-corrected chi connectivity index (χ0v) is 12.6. The first-order valence-corrected chi connectivity index (χ1v) is 6.73. The minimum atomic E-state index is -0.362. The molecule has 0 aliphatic heterocycles. The average molecular weight is 314 g/mol. The third-order valence-electron chi connectivity index (χ3n) is 4.48. The van der Waals surface area contributed by atoms with Gasteiger partial charge < -0.3 is 5.32 Å². The number of hydrogen-bond donors (Lipinski definition) is 1. The van der Waals surface area contributed by atoms with Crippen LogP contribution >= 0.6 is 15.9 Å². The van der Waals surface area contributed by atoms with Gasteiger partial charge in [-0.05, 0) is 45.0 Å². The molecule has 98 valence electrons. The van der Waals surface area contributed by atoms with Gasteiger partial charge >= 0.3 is 0 Å². The molecule has 0 atom stereocenters. The van der Waals surface area contributed by atoms with Crippen LogP contribution in [0.3, 0.4) is 0 Å². The van der Waals surface area contributed by atoms with E-state index >= 15 is 0 Å². The predicted molar refractivity (Wildman–Crippen MR) is 72.9 cm³/mol. The van der Waals surface area contributed by atoms with Crippen LogP contribution in [0.4, 0.5) is 4.39 Å². The third-order valence-corrected chi connectivity index (χ3v) is 5.09. The van der Waals surface area contributed by atoms with Crippen molar-refractivity contribution in [2.45, 2.75) is 33.7 Å². The molecule has 0 saturated heterocycles. The summed E-state index contributed by atoms with van der Waals surface area (Å²) in [6, 6.07) is 4.45. The second kappa shape index (κ2) is 4.05. The lowest BCUT2D eigenvalue weighted by Gasteiger charge is -2.07. The maximum absolute atomic E-state index is 13.1. The summed E-state index contributed by atoms with van der Waals surface area (Å²) in [7, 11) is 0. The van der Waals surface area contributed by atoms with Crippen LogP contribution in [0.5, 0.6) is 0 Å². The summed E-state index contributed by atoms with van der Waals surface area (Å²) in [4.78, 5) is 12.1. The van der Waals surface area contributed by atoms with Gasteiger partial charge in [-0.2, -0.15) is 0 Å². The highest BCUT2D eigenvalue weighted by Crippen LogP contribution is 2.62. The Kier molecular flexibility index (Phi) is 3.05. The molecule has 0 radical (unpaired) electrons. The molecule has 1 aliphatic rings. The van der Waals surface area contributed by atoms with Crippen molar-refractivity contribution in [1.82, 2.24) is 5.32 Å². The van der Waals surface area contributed by atoms with E-state index in [1.165, 1.54) is 18.2 Å². The molecule has 1 N–H and O–H groups in total. The maximum Gasteiger partial charge on any atom is 0.251 e. The molecule has 0 aromatic heterocycles. The number of nitrogens with one attached hydrogen (secondary N) is 1. The summed E-state index contributed by atoms with van der Waals surface area (Å²) in [6.07, 6.45) is 0. The molecule has 18 heavy (non-hydrogen) atoms. The van der Waals surface area contributed by atoms with E-state index in [1.807, 2.05) is 0 Å². The highest BCUT2D eigenvalue weighted by Gasteiger charge is 2.65. The Morgan fingerprint density at radius 3 is 2.28 bits per heavy atom. The van der Waals surface area contributed by atoms with E-state index in [9.17, 15) is 9.18 Å². The SMILES string of the molecule is CC1(C)C(NC(=O)c2ccc(F)c(Br)c2)C1(C)C. The van der Waals surface area contributed by atoms with Crippen molar-refractivity contribution in [2.24, 2.45) is 10.8 Å². The fraction of sp³-hybridized carbons (Fsp3) is 0.500. The molecule has 0 spiro atoms. The molecule has 0 heterocycles. The van der Waals surface area contributed by atoms with Gasteiger partial charge in [-0.3, -0.25) is 4.79 Å². The molecule has 0 unspecified atom stereocenters. The van der Waals surface area contributed by atoms with Crippen LogP contribution in [0.15, 0.2) is 22.7 Å². The summed E-state index contributed by atoms with van der Waals surface area (Å²) in [5.74, 6) is -0.516. The van der Waals surface area contributed by atoms with Gasteiger partial charge in [0.25, 0.3) is 5.91 Å². The zero-order valence-electron chi connectivity index (χ0n) is 11.0. The second-order valence-corrected chi connectivity index (χ2v) is 6.83. The minimum absolute atomic E-state index is 0.0971. The Bertz CT molecular complexity index is 497. The molecular formula is C14H17BrFNO. The number of benzene rings is 1. The molecular weight excluding hydrogens is 297 g/mol. The summed E-state index contributed by atoms with van der Waals surface area (Å²) >= 11 is 3.09. The lowest BCUT2D eigenvalue weighted by Crippen LogP contribution is -2.29. The smallest absolute Gasteiger partial charge is 0.251 e. The van der Waals surface area contributed by atoms with Crippen LogP contribution in [0.2, 0.25) is 0 Å². The number of halogens is 2. The van der Waals surface area contributed by atoms with Crippen LogP contribution in [0.1, 0.15) is 38.1 Å². The summed E-state index contributed by atoms with van der Waals surface area (Å²) in [6.45, 7) is 8.55. The van der Waals surface area contributed by atoms with Crippen molar-refractivity contribution in [3.05, 3.63) is 34.1 Å². The molecule has 4 heteroatoms. The molecule has 0 bridgehead atoms. The Labute approximate surface area is 115 Å². The fourth-order valence-corrected chi connectivity index (χ4v) is 2.79. The lowest BCUT2D eigenvalue weighted by molar-refractivity contribution is 0.0943. The third kappa shape index (κ3) is 1.96. The maximum atomic E-state index is 13.1. The van der Waals surface area contributed by atoms with E-state index in [2.05, 4.69) is 48.9 Å². The second-order valence-electron chi connectivity index (χ2n) is 5.98. The van der Waals surface area contributed by atoms with Crippen LogP contribution in [-0.2, 0) is 0 Å². The summed E-state index contributed by atoms with van der Waals surface area (Å²) < 4.78 is 13.4. The largest absolute Gasteiger partial charge is 0.348 e. The van der Waals surface area contributed by atoms with Gasteiger partial charge in [0.15, 0.2) is 0 Å². The van der Waals surface area contributed by atoms with E-state index in [0.29, 0.717) is 10.0 Å². The Balaban J connectivity index is 2.12. The van der Waals surface area contributed by atoms with Crippen molar-refractivity contribution in [2.75, 3.05) is 0 Å². The molecule has 1 aromatic rings. The average Bonchev–Trinajstić information content (AvgIpc) is 2.65. The van der Waals surface area contributed by atoms with Gasteiger partial charge in [0.1, 0.15) is 5.82 Å². The normalized spacial score (nSPS) is 20.6. The number of rotatable bonds is 2. The van der Waals surface area contributed by atoms with E-state index in [1.54, 1.807) is 0 Å². The van der Waals surface area contributed by atoms with Gasteiger partial charge in [0, 0.05) is 11.6 Å². The van der Waals surface area contributed by atoms with Gasteiger partial charge in [-0.15, -0.1) is 0 Å². The van der Waals surface area contributed by atoms with Gasteiger partial charge in [-0.25, -0.2) is 4.39 Å². The first-order valence-electron chi connectivity index (χ1n) is 5.94. The summed E-state index contributed by atoms with van der Waals surface area (Å²) in [5, 5.41) is 3.02. The van der Waals surface area contributed by atoms with Crippen LogP contribution in [0, 0.1) is 16.6 Å². The first-order chi connectivity index (χ1) is 8.18. The van der Waals surface area contributed by atoms with Crippen LogP contribution in [0.25, 0.3) is 0 Å². The molecule has 2 rings (SSSR count). The van der Waals surface area contributed by atoms with E-state index < -0.39 is 0 Å². The first kappa shape index (κ1) is 13.5. The molecule has 1 aliphatic carbocycles. The van der Waals surface area contributed by atoms with Crippen LogP contribution in [-0.4, -0.2) is 11.9 Å². The standard InChI is InChI=1S/C14H17BrFNO/c1-13(2)12(14(13,3)4)17-11(18)8-5-6-10(16)9(15)7-8/h5-7,12H,1-4H3,(H,17,18). The molecule has 1 amide bonds. The Hall–Kier alpha value is -0.900. The topological polar surface area (TPSA) is 29.1 Å². The van der Waals surface area contributed by atoms with Crippen molar-refractivity contribution in [1.29, 1.82) is 0 Å². The quantitative estimate of drug-likeness (QED) is 0.885. The lowest BCUT2D eigenvalue weighted by atomic mass is 10.0. The molecule has 2 nitrogen and oxygen atoms in total. The number of amides is 1. The van der Waals surface area contributed by atoms with Crippen molar-refractivity contribution in [3.63, 3.8) is 0 Å². The Morgan fingerprint density at radius 2 is 1.83 bits per heavy atom. The number of hydrogen-bond acceptors (Lipinski definition) is 1. The van der Waals surface area contributed by atoms with Gasteiger partial charge in [0.05, 0.1) is 4.47 Å². The van der Waals surface area contributed by atoms with Crippen LogP contribution < -0.4 is 5.32 Å². The predicted octanol–water partition coefficient (Wildman–Crippen LogP) is 3.75.